The Hall–Kier alpha value is -0.820. The molecule has 0 spiro atoms. The zero-order chi connectivity index (χ0) is 13.8. The lowest BCUT2D eigenvalue weighted by Gasteiger charge is -2.31. The highest BCUT2D eigenvalue weighted by molar-refractivity contribution is 5.32. The van der Waals surface area contributed by atoms with E-state index in [1.54, 1.807) is 0 Å². The van der Waals surface area contributed by atoms with E-state index in [0.717, 1.165) is 5.92 Å². The second kappa shape index (κ2) is 6.56. The zero-order valence-corrected chi connectivity index (χ0v) is 13.0. The van der Waals surface area contributed by atoms with Gasteiger partial charge in [-0.05, 0) is 57.6 Å². The van der Waals surface area contributed by atoms with Crippen LogP contribution in [0.25, 0.3) is 0 Å². The summed E-state index contributed by atoms with van der Waals surface area (Å²) in [5.41, 5.74) is 4.22. The van der Waals surface area contributed by atoms with Crippen LogP contribution in [0.2, 0.25) is 0 Å². The molecule has 1 aromatic carbocycles. The molecule has 0 heterocycles. The van der Waals surface area contributed by atoms with Gasteiger partial charge in [0.1, 0.15) is 0 Å². The van der Waals surface area contributed by atoms with Gasteiger partial charge in [-0.1, -0.05) is 43.0 Å². The van der Waals surface area contributed by atoms with Crippen molar-refractivity contribution in [1.82, 2.24) is 5.32 Å². The molecule has 0 saturated heterocycles. The van der Waals surface area contributed by atoms with Crippen LogP contribution in [-0.4, -0.2) is 6.04 Å². The maximum absolute atomic E-state index is 3.83. The molecule has 1 N–H and O–H groups in total. The van der Waals surface area contributed by atoms with E-state index in [4.69, 9.17) is 0 Å². The summed E-state index contributed by atoms with van der Waals surface area (Å²) in [5.74, 6) is 0.877. The quantitative estimate of drug-likeness (QED) is 0.809. The molecule has 1 aromatic rings. The fraction of sp³-hybridized carbons (Fsp3) is 0.667. The first-order valence-corrected chi connectivity index (χ1v) is 7.91. The predicted octanol–water partition coefficient (Wildman–Crippen LogP) is 4.92. The molecule has 0 radical (unpaired) electrons. The summed E-state index contributed by atoms with van der Waals surface area (Å²) in [6.45, 7) is 9.07. The Bertz CT molecular complexity index is 404. The first kappa shape index (κ1) is 14.6. The highest BCUT2D eigenvalue weighted by Gasteiger charge is 2.21. The highest BCUT2D eigenvalue weighted by atomic mass is 14.9. The van der Waals surface area contributed by atoms with Crippen molar-refractivity contribution in [3.8, 4) is 0 Å². The summed E-state index contributed by atoms with van der Waals surface area (Å²) in [6.07, 6.45) is 7.11. The molecule has 2 rings (SSSR count). The number of hydrogen-bond acceptors (Lipinski definition) is 1. The van der Waals surface area contributed by atoms with E-state index in [-0.39, 0.29) is 0 Å². The minimum Gasteiger partial charge on any atom is -0.307 e. The minimum atomic E-state index is 0.456. The number of rotatable bonds is 4. The Morgan fingerprint density at radius 1 is 1.05 bits per heavy atom. The topological polar surface area (TPSA) is 12.0 Å². The molecule has 1 unspecified atom stereocenters. The third-order valence-electron chi connectivity index (χ3n) is 4.76. The van der Waals surface area contributed by atoms with Crippen LogP contribution in [0.3, 0.4) is 0 Å². The van der Waals surface area contributed by atoms with E-state index in [1.807, 2.05) is 0 Å². The monoisotopic (exact) mass is 259 g/mol. The minimum absolute atomic E-state index is 0.456. The molecule has 2 atom stereocenters. The van der Waals surface area contributed by atoms with Gasteiger partial charge < -0.3 is 5.32 Å². The predicted molar refractivity (Wildman–Crippen MR) is 83.5 cm³/mol. The largest absolute Gasteiger partial charge is 0.307 e. The maximum Gasteiger partial charge on any atom is 0.0296 e. The zero-order valence-electron chi connectivity index (χ0n) is 13.0. The van der Waals surface area contributed by atoms with Gasteiger partial charge >= 0.3 is 0 Å². The second-order valence-electron chi connectivity index (χ2n) is 6.44. The molecular formula is C18H29N. The SMILES string of the molecule is Cc1ccc(C(C)N[C@@H](C)C2CCCCC2)c(C)c1. The number of benzene rings is 1. The Kier molecular flexibility index (Phi) is 5.04. The molecule has 0 amide bonds. The number of aryl methyl sites for hydroxylation is 2. The fourth-order valence-electron chi connectivity index (χ4n) is 3.57. The van der Waals surface area contributed by atoms with Crippen LogP contribution in [-0.2, 0) is 0 Å². The van der Waals surface area contributed by atoms with Gasteiger partial charge in [0.25, 0.3) is 0 Å². The van der Waals surface area contributed by atoms with Crippen LogP contribution in [0.15, 0.2) is 18.2 Å². The van der Waals surface area contributed by atoms with Crippen LogP contribution in [0.1, 0.15) is 68.7 Å². The molecule has 106 valence electrons. The second-order valence-corrected chi connectivity index (χ2v) is 6.44. The summed E-state index contributed by atoms with van der Waals surface area (Å²) in [4.78, 5) is 0. The standard InChI is InChI=1S/C18H29N/c1-13-10-11-18(14(2)12-13)16(4)19-15(3)17-8-6-5-7-9-17/h10-12,15-17,19H,5-9H2,1-4H3/t15-,16?/m0/s1. The first-order chi connectivity index (χ1) is 9.08. The normalized spacial score (nSPS) is 20.2. The molecule has 1 saturated carbocycles. The molecule has 1 aliphatic carbocycles. The maximum atomic E-state index is 3.83. The molecule has 1 aliphatic rings. The summed E-state index contributed by atoms with van der Waals surface area (Å²) in [7, 11) is 0. The lowest BCUT2D eigenvalue weighted by Crippen LogP contribution is -2.36. The summed E-state index contributed by atoms with van der Waals surface area (Å²) >= 11 is 0. The van der Waals surface area contributed by atoms with E-state index >= 15 is 0 Å². The summed E-state index contributed by atoms with van der Waals surface area (Å²) in [5, 5.41) is 3.83. The van der Waals surface area contributed by atoms with Gasteiger partial charge in [-0.25, -0.2) is 0 Å². The Morgan fingerprint density at radius 3 is 2.37 bits per heavy atom. The highest BCUT2D eigenvalue weighted by Crippen LogP contribution is 2.28. The number of nitrogens with one attached hydrogen (secondary N) is 1. The van der Waals surface area contributed by atoms with Crippen molar-refractivity contribution in [3.63, 3.8) is 0 Å². The third kappa shape index (κ3) is 3.82. The molecule has 0 bridgehead atoms. The van der Waals surface area contributed by atoms with Gasteiger partial charge in [-0.2, -0.15) is 0 Å². The van der Waals surface area contributed by atoms with Crippen molar-refractivity contribution < 1.29 is 0 Å². The number of hydrogen-bond donors (Lipinski definition) is 1. The van der Waals surface area contributed by atoms with E-state index in [1.165, 1.54) is 48.8 Å². The summed E-state index contributed by atoms with van der Waals surface area (Å²) in [6, 6.07) is 7.90. The van der Waals surface area contributed by atoms with Crippen molar-refractivity contribution in [1.29, 1.82) is 0 Å². The Balaban J connectivity index is 1.97. The van der Waals surface area contributed by atoms with Gasteiger partial charge in [-0.15, -0.1) is 0 Å². The van der Waals surface area contributed by atoms with Crippen molar-refractivity contribution in [2.75, 3.05) is 0 Å². The lowest BCUT2D eigenvalue weighted by molar-refractivity contribution is 0.268. The van der Waals surface area contributed by atoms with Gasteiger partial charge in [0.2, 0.25) is 0 Å². The van der Waals surface area contributed by atoms with Crippen LogP contribution >= 0.6 is 0 Å². The smallest absolute Gasteiger partial charge is 0.0296 e. The average Bonchev–Trinajstić information content (AvgIpc) is 2.39. The molecular weight excluding hydrogens is 230 g/mol. The molecule has 0 aliphatic heterocycles. The average molecular weight is 259 g/mol. The molecule has 1 heteroatoms. The Labute approximate surface area is 118 Å². The van der Waals surface area contributed by atoms with Crippen molar-refractivity contribution >= 4 is 0 Å². The van der Waals surface area contributed by atoms with Gasteiger partial charge in [0.05, 0.1) is 0 Å². The molecule has 1 nitrogen and oxygen atoms in total. The third-order valence-corrected chi connectivity index (χ3v) is 4.76. The molecule has 19 heavy (non-hydrogen) atoms. The van der Waals surface area contributed by atoms with Gasteiger partial charge in [0.15, 0.2) is 0 Å². The first-order valence-electron chi connectivity index (χ1n) is 7.91. The lowest BCUT2D eigenvalue weighted by atomic mass is 9.84. The van der Waals surface area contributed by atoms with Gasteiger partial charge in [0, 0.05) is 12.1 Å². The van der Waals surface area contributed by atoms with Gasteiger partial charge in [-0.3, -0.25) is 0 Å². The van der Waals surface area contributed by atoms with Crippen LogP contribution in [0.5, 0.6) is 0 Å². The van der Waals surface area contributed by atoms with Crippen molar-refractivity contribution in [3.05, 3.63) is 34.9 Å². The molecule has 0 aromatic heterocycles. The van der Waals surface area contributed by atoms with E-state index in [9.17, 15) is 0 Å². The molecule has 1 fully saturated rings. The van der Waals surface area contributed by atoms with Crippen molar-refractivity contribution in [2.45, 2.75) is 71.9 Å². The van der Waals surface area contributed by atoms with E-state index in [0.29, 0.717) is 12.1 Å². The Morgan fingerprint density at radius 2 is 1.74 bits per heavy atom. The summed E-state index contributed by atoms with van der Waals surface area (Å²) < 4.78 is 0. The van der Waals surface area contributed by atoms with Crippen molar-refractivity contribution in [2.24, 2.45) is 5.92 Å². The van der Waals surface area contributed by atoms with E-state index in [2.05, 4.69) is 51.2 Å². The van der Waals surface area contributed by atoms with E-state index < -0.39 is 0 Å². The fourth-order valence-corrected chi connectivity index (χ4v) is 3.57. The van der Waals surface area contributed by atoms with Crippen LogP contribution in [0.4, 0.5) is 0 Å². The van der Waals surface area contributed by atoms with Crippen LogP contribution < -0.4 is 5.32 Å². The van der Waals surface area contributed by atoms with Crippen LogP contribution in [0, 0.1) is 19.8 Å².